The minimum Gasteiger partial charge on any atom is -0.298 e. The number of rotatable bonds is 5. The molecule has 2 N–H and O–H groups in total. The number of carbonyl (C=O) groups is 1. The van der Waals surface area contributed by atoms with Crippen molar-refractivity contribution in [3.8, 4) is 0 Å². The van der Waals surface area contributed by atoms with Gasteiger partial charge in [-0.3, -0.25) is 14.8 Å². The van der Waals surface area contributed by atoms with E-state index in [9.17, 15) is 13.2 Å². The Morgan fingerprint density at radius 3 is 2.84 bits per heavy atom. The van der Waals surface area contributed by atoms with Crippen LogP contribution in [0.4, 0.5) is 10.8 Å². The third-order valence-corrected chi connectivity index (χ3v) is 6.47. The number of thiazole rings is 1. The van der Waals surface area contributed by atoms with E-state index in [1.807, 2.05) is 0 Å². The molecule has 0 saturated heterocycles. The fourth-order valence-corrected chi connectivity index (χ4v) is 4.40. The Balaban J connectivity index is 1.73. The van der Waals surface area contributed by atoms with Gasteiger partial charge in [0.25, 0.3) is 5.91 Å². The SMILES string of the molecule is CCS(=O)(=O)Nc1cccc(C(=O)Nc2nc3c(s2)CCCCC3)c1. The predicted molar refractivity (Wildman–Crippen MR) is 101 cm³/mol. The summed E-state index contributed by atoms with van der Waals surface area (Å²) in [6, 6.07) is 6.45. The van der Waals surface area contributed by atoms with Crippen LogP contribution in [-0.4, -0.2) is 25.1 Å². The van der Waals surface area contributed by atoms with Gasteiger partial charge in [0.1, 0.15) is 0 Å². The van der Waals surface area contributed by atoms with Gasteiger partial charge in [-0.15, -0.1) is 11.3 Å². The van der Waals surface area contributed by atoms with Crippen LogP contribution in [0.1, 0.15) is 47.1 Å². The normalized spacial score (nSPS) is 14.4. The molecule has 6 nitrogen and oxygen atoms in total. The molecule has 8 heteroatoms. The van der Waals surface area contributed by atoms with Crippen LogP contribution in [0, 0.1) is 0 Å². The lowest BCUT2D eigenvalue weighted by molar-refractivity contribution is 0.102. The molecule has 1 amide bonds. The second kappa shape index (κ2) is 7.53. The van der Waals surface area contributed by atoms with E-state index >= 15 is 0 Å². The van der Waals surface area contributed by atoms with Crippen molar-refractivity contribution in [2.75, 3.05) is 15.8 Å². The van der Waals surface area contributed by atoms with Gasteiger partial charge in [0.2, 0.25) is 10.0 Å². The Morgan fingerprint density at radius 1 is 1.24 bits per heavy atom. The zero-order valence-electron chi connectivity index (χ0n) is 14.0. The van der Waals surface area contributed by atoms with Gasteiger partial charge in [-0.2, -0.15) is 0 Å². The first-order chi connectivity index (χ1) is 12.0. The van der Waals surface area contributed by atoms with Gasteiger partial charge in [-0.05, 0) is 50.8 Å². The van der Waals surface area contributed by atoms with Crippen molar-refractivity contribution in [1.29, 1.82) is 0 Å². The summed E-state index contributed by atoms with van der Waals surface area (Å²) in [6.07, 6.45) is 5.53. The van der Waals surface area contributed by atoms with Gasteiger partial charge < -0.3 is 0 Å². The Bertz CT molecular complexity index is 852. The molecule has 0 saturated carbocycles. The summed E-state index contributed by atoms with van der Waals surface area (Å²) in [4.78, 5) is 18.3. The van der Waals surface area contributed by atoms with E-state index in [1.165, 1.54) is 35.1 Å². The Labute approximate surface area is 151 Å². The molecule has 1 aliphatic rings. The lowest BCUT2D eigenvalue weighted by atomic mass is 10.2. The average molecular weight is 380 g/mol. The highest BCUT2D eigenvalue weighted by Crippen LogP contribution is 2.29. The maximum absolute atomic E-state index is 12.5. The van der Waals surface area contributed by atoms with Gasteiger partial charge in [-0.25, -0.2) is 13.4 Å². The molecule has 0 unspecified atom stereocenters. The molecule has 0 spiro atoms. The van der Waals surface area contributed by atoms with Crippen molar-refractivity contribution in [1.82, 2.24) is 4.98 Å². The van der Waals surface area contributed by atoms with Gasteiger partial charge in [-0.1, -0.05) is 12.5 Å². The second-order valence-corrected chi connectivity index (χ2v) is 9.08. The third-order valence-electron chi connectivity index (χ3n) is 4.09. The molecular weight excluding hydrogens is 358 g/mol. The van der Waals surface area contributed by atoms with Crippen LogP contribution in [-0.2, 0) is 22.9 Å². The minimum absolute atomic E-state index is 0.0197. The number of nitrogens with zero attached hydrogens (tertiary/aromatic N) is 1. The molecule has 0 aliphatic heterocycles. The van der Waals surface area contributed by atoms with Crippen molar-refractivity contribution in [3.05, 3.63) is 40.4 Å². The first kappa shape index (κ1) is 17.9. The molecule has 134 valence electrons. The molecule has 0 fully saturated rings. The van der Waals surface area contributed by atoms with Crippen LogP contribution in [0.2, 0.25) is 0 Å². The molecule has 0 radical (unpaired) electrons. The van der Waals surface area contributed by atoms with E-state index in [0.717, 1.165) is 25.0 Å². The Kier molecular flexibility index (Phi) is 5.39. The molecule has 1 aliphatic carbocycles. The van der Waals surface area contributed by atoms with E-state index in [0.29, 0.717) is 16.4 Å². The molecule has 1 heterocycles. The average Bonchev–Trinajstić information content (AvgIpc) is 2.83. The van der Waals surface area contributed by atoms with Gasteiger partial charge in [0.05, 0.1) is 11.4 Å². The van der Waals surface area contributed by atoms with E-state index in [4.69, 9.17) is 0 Å². The number of aryl methyl sites for hydroxylation is 2. The van der Waals surface area contributed by atoms with Crippen molar-refractivity contribution >= 4 is 38.1 Å². The van der Waals surface area contributed by atoms with Crippen molar-refractivity contribution < 1.29 is 13.2 Å². The van der Waals surface area contributed by atoms with Crippen molar-refractivity contribution in [2.45, 2.75) is 39.0 Å². The summed E-state index contributed by atoms with van der Waals surface area (Å²) in [6.45, 7) is 1.56. The van der Waals surface area contributed by atoms with Crippen LogP contribution in [0.5, 0.6) is 0 Å². The Morgan fingerprint density at radius 2 is 2.04 bits per heavy atom. The summed E-state index contributed by atoms with van der Waals surface area (Å²) < 4.78 is 25.8. The molecular formula is C17H21N3O3S2. The first-order valence-electron chi connectivity index (χ1n) is 8.37. The molecule has 1 aromatic carbocycles. The third kappa shape index (κ3) is 4.58. The molecule has 25 heavy (non-hydrogen) atoms. The standard InChI is InChI=1S/C17H21N3O3S2/c1-2-25(22,23)20-13-8-6-7-12(11-13)16(21)19-17-18-14-9-4-3-5-10-15(14)24-17/h6-8,11,20H,2-5,9-10H2,1H3,(H,18,19,21). The number of nitrogens with one attached hydrogen (secondary N) is 2. The van der Waals surface area contributed by atoms with Gasteiger partial charge >= 0.3 is 0 Å². The summed E-state index contributed by atoms with van der Waals surface area (Å²) >= 11 is 1.53. The number of aromatic nitrogens is 1. The zero-order chi connectivity index (χ0) is 17.9. The summed E-state index contributed by atoms with van der Waals surface area (Å²) in [7, 11) is -3.37. The number of benzene rings is 1. The van der Waals surface area contributed by atoms with Gasteiger partial charge in [0.15, 0.2) is 5.13 Å². The topological polar surface area (TPSA) is 88.2 Å². The van der Waals surface area contributed by atoms with E-state index in [-0.39, 0.29) is 11.7 Å². The Hall–Kier alpha value is -1.93. The quantitative estimate of drug-likeness (QED) is 0.779. The van der Waals surface area contributed by atoms with Crippen LogP contribution in [0.3, 0.4) is 0 Å². The number of hydrogen-bond acceptors (Lipinski definition) is 5. The van der Waals surface area contributed by atoms with Crippen LogP contribution in [0.15, 0.2) is 24.3 Å². The molecule has 3 rings (SSSR count). The second-order valence-electron chi connectivity index (χ2n) is 5.99. The molecule has 0 bridgehead atoms. The molecule has 2 aromatic rings. The smallest absolute Gasteiger partial charge is 0.257 e. The van der Waals surface area contributed by atoms with Gasteiger partial charge in [0, 0.05) is 16.1 Å². The van der Waals surface area contributed by atoms with Crippen LogP contribution < -0.4 is 10.0 Å². The largest absolute Gasteiger partial charge is 0.298 e. The van der Waals surface area contributed by atoms with E-state index in [2.05, 4.69) is 15.0 Å². The first-order valence-corrected chi connectivity index (χ1v) is 10.8. The summed E-state index contributed by atoms with van der Waals surface area (Å²) in [5, 5.41) is 3.44. The lowest BCUT2D eigenvalue weighted by Gasteiger charge is -2.08. The monoisotopic (exact) mass is 379 g/mol. The number of fused-ring (bicyclic) bond motifs is 1. The highest BCUT2D eigenvalue weighted by molar-refractivity contribution is 7.92. The highest BCUT2D eigenvalue weighted by atomic mass is 32.2. The van der Waals surface area contributed by atoms with E-state index in [1.54, 1.807) is 25.1 Å². The number of hydrogen-bond donors (Lipinski definition) is 2. The fourth-order valence-electron chi connectivity index (χ4n) is 2.73. The van der Waals surface area contributed by atoms with Crippen LogP contribution in [0.25, 0.3) is 0 Å². The maximum atomic E-state index is 12.5. The number of carbonyl (C=O) groups excluding carboxylic acids is 1. The number of anilines is 2. The summed E-state index contributed by atoms with van der Waals surface area (Å²) in [5.74, 6) is -0.310. The maximum Gasteiger partial charge on any atom is 0.257 e. The number of amides is 1. The van der Waals surface area contributed by atoms with Crippen molar-refractivity contribution in [2.24, 2.45) is 0 Å². The summed E-state index contributed by atoms with van der Waals surface area (Å²) in [5.41, 5.74) is 1.87. The molecule has 1 aromatic heterocycles. The zero-order valence-corrected chi connectivity index (χ0v) is 15.7. The van der Waals surface area contributed by atoms with E-state index < -0.39 is 10.0 Å². The minimum atomic E-state index is -3.37. The highest BCUT2D eigenvalue weighted by Gasteiger charge is 2.16. The van der Waals surface area contributed by atoms with Crippen LogP contribution >= 0.6 is 11.3 Å². The molecule has 0 atom stereocenters. The predicted octanol–water partition coefficient (Wildman–Crippen LogP) is 3.43. The number of sulfonamides is 1. The lowest BCUT2D eigenvalue weighted by Crippen LogP contribution is -2.16. The van der Waals surface area contributed by atoms with Crippen molar-refractivity contribution in [3.63, 3.8) is 0 Å². The fraction of sp³-hybridized carbons (Fsp3) is 0.412.